The standard InChI is InChI=1S/C10H7ClO3S/c11-15(13,14)8-5-4-7-2-1-3-10(12)9(7)6-8/h1-6,12H. The Kier molecular flexibility index (Phi) is 2.32. The Balaban J connectivity index is 2.81. The summed E-state index contributed by atoms with van der Waals surface area (Å²) in [5.74, 6) is 0.0367. The molecule has 15 heavy (non-hydrogen) atoms. The summed E-state index contributed by atoms with van der Waals surface area (Å²) in [7, 11) is 1.45. The molecule has 3 nitrogen and oxygen atoms in total. The van der Waals surface area contributed by atoms with Crippen molar-refractivity contribution in [2.75, 3.05) is 0 Å². The SMILES string of the molecule is O=S(=O)(Cl)c1ccc2cccc(O)c2c1. The van der Waals surface area contributed by atoms with Crippen molar-refractivity contribution in [1.82, 2.24) is 0 Å². The third kappa shape index (κ3) is 1.91. The lowest BCUT2D eigenvalue weighted by atomic mass is 10.1. The Labute approximate surface area is 91.3 Å². The van der Waals surface area contributed by atoms with E-state index in [0.717, 1.165) is 5.39 Å². The van der Waals surface area contributed by atoms with Crippen LogP contribution in [0.15, 0.2) is 41.3 Å². The van der Waals surface area contributed by atoms with E-state index in [9.17, 15) is 13.5 Å². The number of aromatic hydroxyl groups is 1. The normalized spacial score (nSPS) is 11.8. The summed E-state index contributed by atoms with van der Waals surface area (Å²) >= 11 is 0. The fraction of sp³-hybridized carbons (Fsp3) is 0. The molecule has 2 aromatic carbocycles. The topological polar surface area (TPSA) is 54.4 Å². The van der Waals surface area contributed by atoms with Crippen LogP contribution in [0.5, 0.6) is 5.75 Å². The number of phenolic OH excluding ortho intramolecular Hbond substituents is 1. The molecule has 1 N–H and O–H groups in total. The monoisotopic (exact) mass is 242 g/mol. The fourth-order valence-corrected chi connectivity index (χ4v) is 2.16. The molecule has 0 aliphatic rings. The fourth-order valence-electron chi connectivity index (χ4n) is 1.39. The summed E-state index contributed by atoms with van der Waals surface area (Å²) in [4.78, 5) is -0.0156. The minimum Gasteiger partial charge on any atom is -0.507 e. The molecule has 0 saturated heterocycles. The summed E-state index contributed by atoms with van der Waals surface area (Å²) in [6.07, 6.45) is 0. The van der Waals surface area contributed by atoms with Gasteiger partial charge in [0.15, 0.2) is 0 Å². The first kappa shape index (κ1) is 10.3. The first-order valence-electron chi connectivity index (χ1n) is 4.15. The highest BCUT2D eigenvalue weighted by Crippen LogP contribution is 2.27. The molecule has 0 fully saturated rings. The van der Waals surface area contributed by atoms with E-state index in [4.69, 9.17) is 10.7 Å². The van der Waals surface area contributed by atoms with Gasteiger partial charge in [-0.15, -0.1) is 0 Å². The van der Waals surface area contributed by atoms with Crippen molar-refractivity contribution in [2.45, 2.75) is 4.90 Å². The van der Waals surface area contributed by atoms with Crippen molar-refractivity contribution in [3.05, 3.63) is 36.4 Å². The van der Waals surface area contributed by atoms with E-state index < -0.39 is 9.05 Å². The first-order valence-corrected chi connectivity index (χ1v) is 6.46. The average Bonchev–Trinajstić information content (AvgIpc) is 2.16. The second-order valence-electron chi connectivity index (χ2n) is 3.10. The lowest BCUT2D eigenvalue weighted by Crippen LogP contribution is -1.89. The minimum absolute atomic E-state index is 0.0156. The molecule has 0 aliphatic heterocycles. The van der Waals surface area contributed by atoms with Gasteiger partial charge in [0, 0.05) is 16.1 Å². The van der Waals surface area contributed by atoms with Crippen LogP contribution in [0.1, 0.15) is 0 Å². The summed E-state index contributed by atoms with van der Waals surface area (Å²) < 4.78 is 22.1. The van der Waals surface area contributed by atoms with Gasteiger partial charge in [0.1, 0.15) is 5.75 Å². The van der Waals surface area contributed by atoms with Gasteiger partial charge in [-0.3, -0.25) is 0 Å². The van der Waals surface area contributed by atoms with Gasteiger partial charge in [-0.2, -0.15) is 0 Å². The van der Waals surface area contributed by atoms with Crippen LogP contribution in [0.25, 0.3) is 10.8 Å². The van der Waals surface area contributed by atoms with E-state index in [-0.39, 0.29) is 10.6 Å². The molecule has 0 aromatic heterocycles. The molecule has 0 amide bonds. The Morgan fingerprint density at radius 3 is 2.53 bits per heavy atom. The molecule has 2 aromatic rings. The third-order valence-corrected chi connectivity index (χ3v) is 3.46. The molecule has 0 spiro atoms. The number of halogens is 1. The molecule has 0 unspecified atom stereocenters. The van der Waals surface area contributed by atoms with Gasteiger partial charge >= 0.3 is 0 Å². The molecule has 0 aliphatic carbocycles. The zero-order chi connectivity index (χ0) is 11.1. The second kappa shape index (κ2) is 3.40. The lowest BCUT2D eigenvalue weighted by molar-refractivity contribution is 0.481. The minimum atomic E-state index is -3.75. The number of hydrogen-bond donors (Lipinski definition) is 1. The van der Waals surface area contributed by atoms with Crippen LogP contribution in [0.2, 0.25) is 0 Å². The number of phenols is 1. The number of hydrogen-bond acceptors (Lipinski definition) is 3. The number of benzene rings is 2. The van der Waals surface area contributed by atoms with Crippen molar-refractivity contribution in [2.24, 2.45) is 0 Å². The zero-order valence-corrected chi connectivity index (χ0v) is 9.09. The highest BCUT2D eigenvalue weighted by atomic mass is 35.7. The number of fused-ring (bicyclic) bond motifs is 1. The lowest BCUT2D eigenvalue weighted by Gasteiger charge is -2.02. The highest BCUT2D eigenvalue weighted by Gasteiger charge is 2.11. The van der Waals surface area contributed by atoms with Crippen LogP contribution >= 0.6 is 10.7 Å². The molecule has 0 saturated carbocycles. The van der Waals surface area contributed by atoms with Crippen LogP contribution in [0, 0.1) is 0 Å². The van der Waals surface area contributed by atoms with E-state index in [1.54, 1.807) is 18.2 Å². The third-order valence-electron chi connectivity index (χ3n) is 2.11. The summed E-state index contributed by atoms with van der Waals surface area (Å²) in [6, 6.07) is 9.32. The van der Waals surface area contributed by atoms with Crippen molar-refractivity contribution in [3.8, 4) is 5.75 Å². The van der Waals surface area contributed by atoms with Crippen LogP contribution in [0.3, 0.4) is 0 Å². The predicted molar refractivity (Wildman–Crippen MR) is 58.7 cm³/mol. The van der Waals surface area contributed by atoms with E-state index in [0.29, 0.717) is 5.39 Å². The molecule has 0 bridgehead atoms. The molecular formula is C10H7ClO3S. The van der Waals surface area contributed by atoms with Crippen LogP contribution < -0.4 is 0 Å². The van der Waals surface area contributed by atoms with E-state index in [2.05, 4.69) is 0 Å². The van der Waals surface area contributed by atoms with E-state index in [1.807, 2.05) is 0 Å². The molecule has 0 heterocycles. The Bertz CT molecular complexity index is 620. The maximum absolute atomic E-state index is 11.1. The quantitative estimate of drug-likeness (QED) is 0.782. The van der Waals surface area contributed by atoms with Crippen LogP contribution in [0.4, 0.5) is 0 Å². The van der Waals surface area contributed by atoms with E-state index in [1.165, 1.54) is 18.2 Å². The maximum atomic E-state index is 11.1. The molecule has 78 valence electrons. The zero-order valence-electron chi connectivity index (χ0n) is 7.51. The summed E-state index contributed by atoms with van der Waals surface area (Å²) in [5, 5.41) is 10.8. The van der Waals surface area contributed by atoms with Crippen molar-refractivity contribution >= 4 is 30.5 Å². The molecular weight excluding hydrogens is 236 g/mol. The highest BCUT2D eigenvalue weighted by molar-refractivity contribution is 8.13. The van der Waals surface area contributed by atoms with Gasteiger partial charge in [0.2, 0.25) is 0 Å². The van der Waals surface area contributed by atoms with Crippen LogP contribution in [-0.4, -0.2) is 13.5 Å². The Morgan fingerprint density at radius 2 is 1.87 bits per heavy atom. The molecule has 2 rings (SSSR count). The Hall–Kier alpha value is -1.26. The van der Waals surface area contributed by atoms with Gasteiger partial charge < -0.3 is 5.11 Å². The van der Waals surface area contributed by atoms with Gasteiger partial charge in [-0.1, -0.05) is 18.2 Å². The Morgan fingerprint density at radius 1 is 1.13 bits per heavy atom. The van der Waals surface area contributed by atoms with Crippen molar-refractivity contribution in [1.29, 1.82) is 0 Å². The van der Waals surface area contributed by atoms with Crippen LogP contribution in [-0.2, 0) is 9.05 Å². The predicted octanol–water partition coefficient (Wildman–Crippen LogP) is 2.47. The average molecular weight is 243 g/mol. The van der Waals surface area contributed by atoms with Crippen molar-refractivity contribution < 1.29 is 13.5 Å². The second-order valence-corrected chi connectivity index (χ2v) is 5.66. The summed E-state index contributed by atoms with van der Waals surface area (Å²) in [6.45, 7) is 0. The van der Waals surface area contributed by atoms with Gasteiger partial charge in [0.05, 0.1) is 4.90 Å². The van der Waals surface area contributed by atoms with E-state index >= 15 is 0 Å². The largest absolute Gasteiger partial charge is 0.507 e. The smallest absolute Gasteiger partial charge is 0.261 e. The molecule has 0 atom stereocenters. The van der Waals surface area contributed by atoms with Gasteiger partial charge in [-0.05, 0) is 23.6 Å². The van der Waals surface area contributed by atoms with Gasteiger partial charge in [-0.25, -0.2) is 8.42 Å². The summed E-state index contributed by atoms with van der Waals surface area (Å²) in [5.41, 5.74) is 0. The van der Waals surface area contributed by atoms with Crippen molar-refractivity contribution in [3.63, 3.8) is 0 Å². The number of rotatable bonds is 1. The molecule has 5 heteroatoms. The first-order chi connectivity index (χ1) is 6.98. The molecule has 0 radical (unpaired) electrons. The maximum Gasteiger partial charge on any atom is 0.261 e. The van der Waals surface area contributed by atoms with Gasteiger partial charge in [0.25, 0.3) is 9.05 Å².